The number of nitrogens with zero attached hydrogens (tertiary/aromatic N) is 1. The Labute approximate surface area is 166 Å². The molecule has 7 heteroatoms. The zero-order valence-corrected chi connectivity index (χ0v) is 17.2. The second kappa shape index (κ2) is 9.57. The molecule has 2 rings (SSSR count). The molecule has 0 fully saturated rings. The van der Waals surface area contributed by atoms with Crippen LogP contribution < -0.4 is 0 Å². The van der Waals surface area contributed by atoms with Crippen molar-refractivity contribution in [1.29, 1.82) is 0 Å². The van der Waals surface area contributed by atoms with E-state index in [0.717, 1.165) is 12.8 Å². The smallest absolute Gasteiger partial charge is 0.418 e. The van der Waals surface area contributed by atoms with Gasteiger partial charge in [-0.3, -0.25) is 4.90 Å². The molecule has 0 bridgehead atoms. The molecule has 0 aromatic carbocycles. The summed E-state index contributed by atoms with van der Waals surface area (Å²) in [6.45, 7) is 9.08. The highest BCUT2D eigenvalue weighted by atomic mass is 16.6. The van der Waals surface area contributed by atoms with E-state index in [1.165, 1.54) is 4.90 Å². The third kappa shape index (κ3) is 4.13. The van der Waals surface area contributed by atoms with Crippen molar-refractivity contribution in [1.82, 2.24) is 4.90 Å². The summed E-state index contributed by atoms with van der Waals surface area (Å²) in [6.07, 6.45) is 4.91. The van der Waals surface area contributed by atoms with Crippen LogP contribution in [0.4, 0.5) is 4.79 Å². The van der Waals surface area contributed by atoms with Crippen molar-refractivity contribution in [2.24, 2.45) is 11.8 Å². The molecule has 0 unspecified atom stereocenters. The number of carbonyl (C=O) groups is 3. The van der Waals surface area contributed by atoms with Gasteiger partial charge >= 0.3 is 18.0 Å². The first-order valence-corrected chi connectivity index (χ1v) is 9.76. The Balaban J connectivity index is 2.66. The van der Waals surface area contributed by atoms with Crippen LogP contribution in [-0.4, -0.2) is 42.8 Å². The maximum Gasteiger partial charge on any atom is 0.418 e. The number of hydrogen-bond acceptors (Lipinski definition) is 6. The molecule has 1 heterocycles. The van der Waals surface area contributed by atoms with E-state index in [4.69, 9.17) is 14.2 Å². The van der Waals surface area contributed by atoms with Crippen LogP contribution in [0.3, 0.4) is 0 Å². The van der Waals surface area contributed by atoms with Crippen molar-refractivity contribution in [2.75, 3.05) is 19.8 Å². The first-order chi connectivity index (χ1) is 13.4. The van der Waals surface area contributed by atoms with Crippen LogP contribution in [0.15, 0.2) is 34.7 Å². The topological polar surface area (TPSA) is 82.1 Å². The number of hydrogen-bond donors (Lipinski definition) is 0. The van der Waals surface area contributed by atoms with E-state index in [1.807, 2.05) is 12.2 Å². The SMILES string of the molecule is CCOC(=O)C1=C(C)N(C(=O)OCC)C(C)=C(C(=O)OCC)C1C1CC=CC1. The van der Waals surface area contributed by atoms with Gasteiger partial charge in [0.15, 0.2) is 0 Å². The maximum atomic E-state index is 12.9. The molecule has 0 aromatic rings. The van der Waals surface area contributed by atoms with Crippen LogP contribution in [0.2, 0.25) is 0 Å². The molecule has 1 aliphatic carbocycles. The molecule has 1 amide bonds. The van der Waals surface area contributed by atoms with Gasteiger partial charge in [-0.05, 0) is 53.4 Å². The van der Waals surface area contributed by atoms with Crippen molar-refractivity contribution in [3.63, 3.8) is 0 Å². The van der Waals surface area contributed by atoms with E-state index in [1.54, 1.807) is 34.6 Å². The minimum absolute atomic E-state index is 0.0213. The molecule has 0 N–H and O–H groups in total. The van der Waals surface area contributed by atoms with E-state index in [2.05, 4.69) is 0 Å². The number of allylic oxidation sites excluding steroid dienone is 4. The fraction of sp³-hybridized carbons (Fsp3) is 0.571. The molecule has 2 aliphatic rings. The summed E-state index contributed by atoms with van der Waals surface area (Å²) in [5.74, 6) is -1.53. The van der Waals surface area contributed by atoms with Gasteiger partial charge in [-0.2, -0.15) is 0 Å². The van der Waals surface area contributed by atoms with E-state index >= 15 is 0 Å². The van der Waals surface area contributed by atoms with E-state index in [0.29, 0.717) is 22.5 Å². The number of amides is 1. The lowest BCUT2D eigenvalue weighted by Gasteiger charge is -2.38. The van der Waals surface area contributed by atoms with Gasteiger partial charge < -0.3 is 14.2 Å². The summed E-state index contributed by atoms with van der Waals surface area (Å²) in [5, 5.41) is 0. The number of carbonyl (C=O) groups excluding carboxylic acids is 3. The summed E-state index contributed by atoms with van der Waals surface area (Å²) in [6, 6.07) is 0. The lowest BCUT2D eigenvalue weighted by Crippen LogP contribution is -2.41. The van der Waals surface area contributed by atoms with Gasteiger partial charge in [-0.15, -0.1) is 0 Å². The molecular formula is C21H29NO6. The fourth-order valence-corrected chi connectivity index (χ4v) is 3.90. The van der Waals surface area contributed by atoms with Gasteiger partial charge in [0.1, 0.15) is 0 Å². The monoisotopic (exact) mass is 391 g/mol. The summed E-state index contributed by atoms with van der Waals surface area (Å²) in [4.78, 5) is 39.7. The van der Waals surface area contributed by atoms with Crippen molar-refractivity contribution >= 4 is 18.0 Å². The van der Waals surface area contributed by atoms with Gasteiger partial charge in [0, 0.05) is 17.3 Å². The van der Waals surface area contributed by atoms with Crippen molar-refractivity contribution in [3.8, 4) is 0 Å². The second-order valence-electron chi connectivity index (χ2n) is 6.65. The molecule has 0 aromatic heterocycles. The van der Waals surface area contributed by atoms with Crippen LogP contribution in [0.25, 0.3) is 0 Å². The molecule has 154 valence electrons. The van der Waals surface area contributed by atoms with Gasteiger partial charge in [-0.25, -0.2) is 14.4 Å². The van der Waals surface area contributed by atoms with E-state index in [9.17, 15) is 14.4 Å². The van der Waals surface area contributed by atoms with Crippen LogP contribution in [0.5, 0.6) is 0 Å². The average molecular weight is 391 g/mol. The summed E-state index contributed by atoms with van der Waals surface area (Å²) in [7, 11) is 0. The van der Waals surface area contributed by atoms with Crippen molar-refractivity contribution in [3.05, 3.63) is 34.7 Å². The fourth-order valence-electron chi connectivity index (χ4n) is 3.90. The minimum atomic E-state index is -0.635. The maximum absolute atomic E-state index is 12.9. The standard InChI is InChI=1S/C21H29NO6/c1-6-26-19(23)16-13(4)22(21(25)28-8-3)14(5)17(20(24)27-7-2)18(16)15-11-9-10-12-15/h9-10,15,18H,6-8,11-12H2,1-5H3. The Morgan fingerprint density at radius 3 is 1.68 bits per heavy atom. The zero-order valence-electron chi connectivity index (χ0n) is 17.2. The van der Waals surface area contributed by atoms with Gasteiger partial charge in [0.05, 0.1) is 31.0 Å². The Morgan fingerprint density at radius 1 is 0.857 bits per heavy atom. The highest BCUT2D eigenvalue weighted by Crippen LogP contribution is 2.44. The Kier molecular flexibility index (Phi) is 7.43. The summed E-state index contributed by atoms with van der Waals surface area (Å²) in [5.41, 5.74) is 1.49. The molecule has 0 saturated heterocycles. The van der Waals surface area contributed by atoms with Crippen LogP contribution in [0.1, 0.15) is 47.5 Å². The lowest BCUT2D eigenvalue weighted by molar-refractivity contribution is -0.140. The van der Waals surface area contributed by atoms with Crippen molar-refractivity contribution in [2.45, 2.75) is 47.5 Å². The lowest BCUT2D eigenvalue weighted by atomic mass is 9.75. The van der Waals surface area contributed by atoms with Gasteiger partial charge in [0.25, 0.3) is 0 Å². The summed E-state index contributed by atoms with van der Waals surface area (Å²) >= 11 is 0. The molecule has 0 spiro atoms. The average Bonchev–Trinajstić information content (AvgIpc) is 3.16. The number of ether oxygens (including phenoxy) is 3. The molecule has 0 atom stereocenters. The second-order valence-corrected chi connectivity index (χ2v) is 6.65. The minimum Gasteiger partial charge on any atom is -0.463 e. The van der Waals surface area contributed by atoms with Crippen LogP contribution >= 0.6 is 0 Å². The van der Waals surface area contributed by atoms with Crippen LogP contribution in [-0.2, 0) is 23.8 Å². The molecular weight excluding hydrogens is 362 g/mol. The van der Waals surface area contributed by atoms with E-state index < -0.39 is 23.9 Å². The predicted octanol–water partition coefficient (Wildman–Crippen LogP) is 3.72. The van der Waals surface area contributed by atoms with Crippen LogP contribution in [0, 0.1) is 11.8 Å². The van der Waals surface area contributed by atoms with Gasteiger partial charge in [0.2, 0.25) is 0 Å². The third-order valence-corrected chi connectivity index (χ3v) is 5.03. The quantitative estimate of drug-likeness (QED) is 0.390. The largest absolute Gasteiger partial charge is 0.463 e. The zero-order chi connectivity index (χ0) is 20.8. The Hall–Kier alpha value is -2.57. The molecule has 7 nitrogen and oxygen atoms in total. The highest BCUT2D eigenvalue weighted by Gasteiger charge is 2.45. The number of esters is 2. The van der Waals surface area contributed by atoms with E-state index in [-0.39, 0.29) is 25.7 Å². The summed E-state index contributed by atoms with van der Waals surface area (Å²) < 4.78 is 15.7. The first-order valence-electron chi connectivity index (χ1n) is 9.76. The number of rotatable bonds is 6. The Morgan fingerprint density at radius 2 is 1.29 bits per heavy atom. The van der Waals surface area contributed by atoms with Gasteiger partial charge in [-0.1, -0.05) is 12.2 Å². The molecule has 28 heavy (non-hydrogen) atoms. The first kappa shape index (κ1) is 21.7. The Bertz CT molecular complexity index is 683. The molecule has 0 saturated carbocycles. The third-order valence-electron chi connectivity index (χ3n) is 5.03. The molecule has 0 radical (unpaired) electrons. The normalized spacial score (nSPS) is 18.0. The molecule has 1 aliphatic heterocycles. The highest BCUT2D eigenvalue weighted by molar-refractivity contribution is 5.99. The predicted molar refractivity (Wildman–Crippen MR) is 103 cm³/mol. The van der Waals surface area contributed by atoms with Crippen molar-refractivity contribution < 1.29 is 28.6 Å².